The normalized spacial score (nSPS) is 24.2. The van der Waals surface area contributed by atoms with Gasteiger partial charge in [-0.1, -0.05) is 6.92 Å². The molecule has 1 aliphatic carbocycles. The zero-order chi connectivity index (χ0) is 14.3. The second-order valence-corrected chi connectivity index (χ2v) is 6.47. The molecule has 0 aromatic carbocycles. The minimum absolute atomic E-state index is 0.0138. The fraction of sp³-hybridized carbons (Fsp3) is 0.933. The highest BCUT2D eigenvalue weighted by molar-refractivity contribution is 5.77. The minimum atomic E-state index is -0.251. The fourth-order valence-corrected chi connectivity index (χ4v) is 2.34. The molecule has 1 saturated carbocycles. The Labute approximate surface area is 117 Å². The fourth-order valence-electron chi connectivity index (χ4n) is 2.34. The van der Waals surface area contributed by atoms with Gasteiger partial charge in [-0.15, -0.1) is 0 Å². The lowest BCUT2D eigenvalue weighted by Crippen LogP contribution is -2.44. The first-order valence-electron chi connectivity index (χ1n) is 7.57. The Morgan fingerprint density at radius 3 is 2.26 bits per heavy atom. The maximum absolute atomic E-state index is 11.8. The van der Waals surface area contributed by atoms with E-state index in [9.17, 15) is 4.79 Å². The van der Waals surface area contributed by atoms with E-state index in [1.807, 2.05) is 20.8 Å². The van der Waals surface area contributed by atoms with E-state index in [1.54, 1.807) is 0 Å². The largest absolute Gasteiger partial charge is 0.366 e. The molecule has 0 heterocycles. The van der Waals surface area contributed by atoms with Gasteiger partial charge >= 0.3 is 0 Å². The van der Waals surface area contributed by atoms with Gasteiger partial charge in [0.05, 0.1) is 5.60 Å². The van der Waals surface area contributed by atoms with Crippen molar-refractivity contribution in [2.45, 2.75) is 77.5 Å². The summed E-state index contributed by atoms with van der Waals surface area (Å²) in [4.78, 5) is 11.8. The highest BCUT2D eigenvalue weighted by Gasteiger charge is 2.22. The van der Waals surface area contributed by atoms with Crippen molar-refractivity contribution in [2.75, 3.05) is 13.2 Å². The topological polar surface area (TPSA) is 50.4 Å². The van der Waals surface area contributed by atoms with Crippen molar-refractivity contribution < 1.29 is 9.53 Å². The number of ether oxygens (including phenoxy) is 1. The molecule has 0 aromatic heterocycles. The summed E-state index contributed by atoms with van der Waals surface area (Å²) in [6.07, 6.45) is 5.64. The molecule has 1 rings (SSSR count). The highest BCUT2D eigenvalue weighted by atomic mass is 16.5. The summed E-state index contributed by atoms with van der Waals surface area (Å²) < 4.78 is 5.48. The van der Waals surface area contributed by atoms with Crippen LogP contribution in [0.25, 0.3) is 0 Å². The van der Waals surface area contributed by atoms with Crippen molar-refractivity contribution in [1.82, 2.24) is 10.6 Å². The zero-order valence-corrected chi connectivity index (χ0v) is 12.9. The number of carbonyl (C=O) groups is 1. The van der Waals surface area contributed by atoms with Crippen LogP contribution in [0.2, 0.25) is 0 Å². The molecular formula is C15H30N2O2. The molecule has 1 aliphatic rings. The predicted octanol–water partition coefficient (Wildman–Crippen LogP) is 2.23. The van der Waals surface area contributed by atoms with Crippen molar-refractivity contribution in [3.05, 3.63) is 0 Å². The highest BCUT2D eigenvalue weighted by Crippen LogP contribution is 2.18. The molecule has 112 valence electrons. The Morgan fingerprint density at radius 2 is 1.74 bits per heavy atom. The third-order valence-corrected chi connectivity index (χ3v) is 3.41. The van der Waals surface area contributed by atoms with Crippen LogP contribution in [0.5, 0.6) is 0 Å². The standard InChI is InChI=1S/C15H30N2O2/c1-5-10-16-12-6-8-13(9-7-12)17-14(18)11-19-15(2,3)4/h12-13,16H,5-11H2,1-4H3,(H,17,18). The molecule has 19 heavy (non-hydrogen) atoms. The molecule has 0 radical (unpaired) electrons. The predicted molar refractivity (Wildman–Crippen MR) is 78.2 cm³/mol. The van der Waals surface area contributed by atoms with Crippen LogP contribution in [-0.4, -0.2) is 36.7 Å². The van der Waals surface area contributed by atoms with E-state index in [0.717, 1.165) is 32.2 Å². The summed E-state index contributed by atoms with van der Waals surface area (Å²) in [5, 5.41) is 6.63. The molecule has 0 aromatic rings. The van der Waals surface area contributed by atoms with Gasteiger partial charge < -0.3 is 15.4 Å². The van der Waals surface area contributed by atoms with Gasteiger partial charge in [-0.3, -0.25) is 4.79 Å². The van der Waals surface area contributed by atoms with E-state index in [2.05, 4.69) is 17.6 Å². The second-order valence-electron chi connectivity index (χ2n) is 6.47. The van der Waals surface area contributed by atoms with E-state index in [0.29, 0.717) is 12.1 Å². The smallest absolute Gasteiger partial charge is 0.246 e. The van der Waals surface area contributed by atoms with Crippen molar-refractivity contribution >= 4 is 5.91 Å². The van der Waals surface area contributed by atoms with Crippen molar-refractivity contribution in [3.8, 4) is 0 Å². The number of nitrogens with one attached hydrogen (secondary N) is 2. The lowest BCUT2D eigenvalue weighted by molar-refractivity contribution is -0.131. The van der Waals surface area contributed by atoms with E-state index >= 15 is 0 Å². The molecule has 0 bridgehead atoms. The molecule has 0 unspecified atom stereocenters. The molecule has 0 atom stereocenters. The lowest BCUT2D eigenvalue weighted by Gasteiger charge is -2.30. The number of amides is 1. The maximum atomic E-state index is 11.8. The van der Waals surface area contributed by atoms with Gasteiger partial charge in [-0.2, -0.15) is 0 Å². The Hall–Kier alpha value is -0.610. The molecule has 0 aliphatic heterocycles. The Balaban J connectivity index is 2.16. The third-order valence-electron chi connectivity index (χ3n) is 3.41. The quantitative estimate of drug-likeness (QED) is 0.778. The lowest BCUT2D eigenvalue weighted by atomic mass is 9.91. The first-order chi connectivity index (χ1) is 8.90. The molecule has 2 N–H and O–H groups in total. The molecule has 0 spiro atoms. The van der Waals surface area contributed by atoms with Crippen LogP contribution in [-0.2, 0) is 9.53 Å². The Morgan fingerprint density at radius 1 is 1.16 bits per heavy atom. The van der Waals surface area contributed by atoms with Gasteiger partial charge in [0, 0.05) is 12.1 Å². The van der Waals surface area contributed by atoms with Gasteiger partial charge in [0.25, 0.3) is 0 Å². The van der Waals surface area contributed by atoms with Crippen LogP contribution < -0.4 is 10.6 Å². The summed E-state index contributed by atoms with van der Waals surface area (Å²) in [7, 11) is 0. The van der Waals surface area contributed by atoms with Crippen LogP contribution in [0.1, 0.15) is 59.8 Å². The summed E-state index contributed by atoms with van der Waals surface area (Å²) >= 11 is 0. The van der Waals surface area contributed by atoms with E-state index in [4.69, 9.17) is 4.74 Å². The average molecular weight is 270 g/mol. The maximum Gasteiger partial charge on any atom is 0.246 e. The third kappa shape index (κ3) is 7.53. The first kappa shape index (κ1) is 16.4. The molecule has 1 amide bonds. The van der Waals surface area contributed by atoms with Crippen LogP contribution in [0, 0.1) is 0 Å². The summed E-state index contributed by atoms with van der Waals surface area (Å²) in [5.74, 6) is 0.0138. The van der Waals surface area contributed by atoms with Gasteiger partial charge in [0.15, 0.2) is 0 Å². The van der Waals surface area contributed by atoms with Crippen molar-refractivity contribution in [1.29, 1.82) is 0 Å². The van der Waals surface area contributed by atoms with E-state index in [-0.39, 0.29) is 18.1 Å². The number of rotatable bonds is 6. The molecule has 4 nitrogen and oxygen atoms in total. The van der Waals surface area contributed by atoms with E-state index < -0.39 is 0 Å². The van der Waals surface area contributed by atoms with Crippen molar-refractivity contribution in [3.63, 3.8) is 0 Å². The zero-order valence-electron chi connectivity index (χ0n) is 12.9. The second kappa shape index (κ2) is 7.85. The monoisotopic (exact) mass is 270 g/mol. The van der Waals surface area contributed by atoms with Crippen LogP contribution >= 0.6 is 0 Å². The molecule has 4 heteroatoms. The average Bonchev–Trinajstić information content (AvgIpc) is 2.35. The first-order valence-corrected chi connectivity index (χ1v) is 7.57. The minimum Gasteiger partial charge on any atom is -0.366 e. The molecule has 0 saturated heterocycles. The van der Waals surface area contributed by atoms with Crippen LogP contribution in [0.4, 0.5) is 0 Å². The summed E-state index contributed by atoms with van der Waals surface area (Å²) in [6, 6.07) is 0.967. The molecular weight excluding hydrogens is 240 g/mol. The Bertz CT molecular complexity index is 266. The van der Waals surface area contributed by atoms with Gasteiger partial charge in [-0.25, -0.2) is 0 Å². The van der Waals surface area contributed by atoms with E-state index in [1.165, 1.54) is 6.42 Å². The van der Waals surface area contributed by atoms with Gasteiger partial charge in [0.2, 0.25) is 5.91 Å². The van der Waals surface area contributed by atoms with Gasteiger partial charge in [0.1, 0.15) is 6.61 Å². The Kier molecular flexibility index (Phi) is 6.80. The summed E-state index contributed by atoms with van der Waals surface area (Å²) in [6.45, 7) is 9.34. The van der Waals surface area contributed by atoms with Crippen molar-refractivity contribution in [2.24, 2.45) is 0 Å². The summed E-state index contributed by atoms with van der Waals surface area (Å²) in [5.41, 5.74) is -0.251. The SMILES string of the molecule is CCCNC1CCC(NC(=O)COC(C)(C)C)CC1. The van der Waals surface area contributed by atoms with Crippen LogP contribution in [0.15, 0.2) is 0 Å². The van der Waals surface area contributed by atoms with Gasteiger partial charge in [-0.05, 0) is 59.4 Å². The number of carbonyl (C=O) groups excluding carboxylic acids is 1. The number of hydrogen-bond acceptors (Lipinski definition) is 3. The molecule has 1 fully saturated rings. The van der Waals surface area contributed by atoms with Crippen LogP contribution in [0.3, 0.4) is 0 Å². The number of hydrogen-bond donors (Lipinski definition) is 2.